The van der Waals surface area contributed by atoms with Crippen molar-refractivity contribution in [3.8, 4) is 0 Å². The first-order chi connectivity index (χ1) is 8.78. The second-order valence-corrected chi connectivity index (χ2v) is 5.98. The molecule has 0 amide bonds. The fraction of sp³-hybridized carbons (Fsp3) is 0.600. The van der Waals surface area contributed by atoms with Gasteiger partial charge in [0, 0.05) is 18.1 Å². The average Bonchev–Trinajstić information content (AvgIpc) is 2.30. The summed E-state index contributed by atoms with van der Waals surface area (Å²) in [4.78, 5) is 0. The second kappa shape index (κ2) is 6.96. The second-order valence-electron chi connectivity index (χ2n) is 5.98. The van der Waals surface area contributed by atoms with Crippen molar-refractivity contribution in [1.29, 1.82) is 0 Å². The van der Waals surface area contributed by atoms with E-state index in [0.717, 1.165) is 18.7 Å². The van der Waals surface area contributed by atoms with Crippen molar-refractivity contribution >= 4 is 0 Å². The fourth-order valence-electron chi connectivity index (χ4n) is 1.69. The van der Waals surface area contributed by atoms with Gasteiger partial charge >= 0.3 is 0 Å². The van der Waals surface area contributed by atoms with Gasteiger partial charge < -0.3 is 10.6 Å². The molecule has 4 heteroatoms. The fourth-order valence-corrected chi connectivity index (χ4v) is 1.69. The average molecular weight is 270 g/mol. The molecule has 2 nitrogen and oxygen atoms in total. The predicted molar refractivity (Wildman–Crippen MR) is 75.3 cm³/mol. The highest BCUT2D eigenvalue weighted by atomic mass is 19.2. The molecule has 0 heterocycles. The molecule has 1 aromatic carbocycles. The molecular weight excluding hydrogens is 246 g/mol. The quantitative estimate of drug-likeness (QED) is 0.830. The summed E-state index contributed by atoms with van der Waals surface area (Å²) < 4.78 is 25.8. The van der Waals surface area contributed by atoms with Gasteiger partial charge in [-0.3, -0.25) is 0 Å². The minimum Gasteiger partial charge on any atom is -0.313 e. The highest BCUT2D eigenvalue weighted by molar-refractivity contribution is 5.18. The lowest BCUT2D eigenvalue weighted by Gasteiger charge is -2.24. The summed E-state index contributed by atoms with van der Waals surface area (Å²) >= 11 is 0. The molecule has 0 saturated carbocycles. The Hall–Kier alpha value is -1.00. The van der Waals surface area contributed by atoms with Crippen molar-refractivity contribution in [2.75, 3.05) is 13.1 Å². The van der Waals surface area contributed by atoms with Gasteiger partial charge in [0.1, 0.15) is 0 Å². The molecule has 1 unspecified atom stereocenters. The number of halogens is 2. The molecule has 1 aromatic rings. The maximum absolute atomic E-state index is 13.0. The van der Waals surface area contributed by atoms with Crippen LogP contribution < -0.4 is 10.6 Å². The Morgan fingerprint density at radius 1 is 1.16 bits per heavy atom. The van der Waals surface area contributed by atoms with Crippen LogP contribution >= 0.6 is 0 Å². The van der Waals surface area contributed by atoms with Gasteiger partial charge in [-0.15, -0.1) is 0 Å². The molecule has 19 heavy (non-hydrogen) atoms. The molecule has 1 atom stereocenters. The summed E-state index contributed by atoms with van der Waals surface area (Å²) in [5, 5.41) is 6.77. The van der Waals surface area contributed by atoms with Crippen LogP contribution in [0.4, 0.5) is 8.78 Å². The number of hydrogen-bond acceptors (Lipinski definition) is 2. The Morgan fingerprint density at radius 3 is 2.42 bits per heavy atom. The standard InChI is InChI=1S/C15H24F2N2/c1-11(10-19-15(2,3)4)18-8-7-12-5-6-13(16)14(17)9-12/h5-6,9,11,18-19H,7-8,10H2,1-4H3. The largest absolute Gasteiger partial charge is 0.313 e. The van der Waals surface area contributed by atoms with Gasteiger partial charge in [-0.05, 0) is 58.4 Å². The Balaban J connectivity index is 2.28. The number of benzene rings is 1. The van der Waals surface area contributed by atoms with Crippen LogP contribution in [-0.4, -0.2) is 24.7 Å². The highest BCUT2D eigenvalue weighted by Crippen LogP contribution is 2.08. The topological polar surface area (TPSA) is 24.1 Å². The third kappa shape index (κ3) is 6.64. The Bertz CT molecular complexity index is 400. The van der Waals surface area contributed by atoms with Crippen LogP contribution in [0.5, 0.6) is 0 Å². The van der Waals surface area contributed by atoms with Crippen LogP contribution in [0.25, 0.3) is 0 Å². The van der Waals surface area contributed by atoms with Gasteiger partial charge in [0.2, 0.25) is 0 Å². The predicted octanol–water partition coefficient (Wildman–Crippen LogP) is 2.87. The third-order valence-corrected chi connectivity index (χ3v) is 2.83. The zero-order valence-corrected chi connectivity index (χ0v) is 12.2. The smallest absolute Gasteiger partial charge is 0.159 e. The van der Waals surface area contributed by atoms with E-state index in [-0.39, 0.29) is 5.54 Å². The zero-order chi connectivity index (χ0) is 14.5. The molecule has 108 valence electrons. The van der Waals surface area contributed by atoms with Crippen LogP contribution in [0.3, 0.4) is 0 Å². The molecule has 0 spiro atoms. The molecule has 0 aliphatic rings. The Kier molecular flexibility index (Phi) is 5.88. The summed E-state index contributed by atoms with van der Waals surface area (Å²) in [7, 11) is 0. The summed E-state index contributed by atoms with van der Waals surface area (Å²) in [6.45, 7) is 10.1. The Labute approximate surface area is 114 Å². The van der Waals surface area contributed by atoms with E-state index in [9.17, 15) is 8.78 Å². The van der Waals surface area contributed by atoms with Crippen molar-refractivity contribution in [1.82, 2.24) is 10.6 Å². The first-order valence-electron chi connectivity index (χ1n) is 6.70. The lowest BCUT2D eigenvalue weighted by molar-refractivity contribution is 0.388. The third-order valence-electron chi connectivity index (χ3n) is 2.83. The van der Waals surface area contributed by atoms with Gasteiger partial charge in [-0.1, -0.05) is 6.07 Å². The van der Waals surface area contributed by atoms with Crippen LogP contribution in [0.1, 0.15) is 33.3 Å². The van der Waals surface area contributed by atoms with E-state index in [1.165, 1.54) is 12.1 Å². The first kappa shape index (κ1) is 16.1. The summed E-state index contributed by atoms with van der Waals surface area (Å²) in [6.07, 6.45) is 0.692. The molecule has 0 aliphatic carbocycles. The van der Waals surface area contributed by atoms with Gasteiger partial charge in [0.25, 0.3) is 0 Å². The molecule has 0 bridgehead atoms. The highest BCUT2D eigenvalue weighted by Gasteiger charge is 2.10. The summed E-state index contributed by atoms with van der Waals surface area (Å²) in [5.74, 6) is -1.57. The van der Waals surface area contributed by atoms with Crippen LogP contribution in [-0.2, 0) is 6.42 Å². The van der Waals surface area contributed by atoms with Crippen LogP contribution in [0.2, 0.25) is 0 Å². The molecule has 0 fully saturated rings. The van der Waals surface area contributed by atoms with Gasteiger partial charge in [0.15, 0.2) is 11.6 Å². The van der Waals surface area contributed by atoms with E-state index in [1.54, 1.807) is 6.07 Å². The minimum absolute atomic E-state index is 0.107. The maximum Gasteiger partial charge on any atom is 0.159 e. The minimum atomic E-state index is -0.792. The molecular formula is C15H24F2N2. The van der Waals surface area contributed by atoms with E-state index in [0.29, 0.717) is 12.5 Å². The van der Waals surface area contributed by atoms with Crippen LogP contribution in [0.15, 0.2) is 18.2 Å². The lowest BCUT2D eigenvalue weighted by atomic mass is 10.1. The van der Waals surface area contributed by atoms with E-state index < -0.39 is 11.6 Å². The maximum atomic E-state index is 13.0. The van der Waals surface area contributed by atoms with Crippen molar-refractivity contribution in [3.63, 3.8) is 0 Å². The summed E-state index contributed by atoms with van der Waals surface area (Å²) in [5.41, 5.74) is 0.915. The number of hydrogen-bond donors (Lipinski definition) is 2. The van der Waals surface area contributed by atoms with Crippen LogP contribution in [0, 0.1) is 11.6 Å². The zero-order valence-electron chi connectivity index (χ0n) is 12.2. The first-order valence-corrected chi connectivity index (χ1v) is 6.70. The van der Waals surface area contributed by atoms with Gasteiger partial charge in [0.05, 0.1) is 0 Å². The Morgan fingerprint density at radius 2 is 1.84 bits per heavy atom. The molecule has 0 saturated heterocycles. The number of rotatable bonds is 6. The molecule has 2 N–H and O–H groups in total. The van der Waals surface area contributed by atoms with Crippen molar-refractivity contribution in [3.05, 3.63) is 35.4 Å². The lowest BCUT2D eigenvalue weighted by Crippen LogP contribution is -2.44. The van der Waals surface area contributed by atoms with E-state index in [4.69, 9.17) is 0 Å². The van der Waals surface area contributed by atoms with Crippen molar-refractivity contribution in [2.24, 2.45) is 0 Å². The van der Waals surface area contributed by atoms with E-state index in [2.05, 4.69) is 38.3 Å². The van der Waals surface area contributed by atoms with Crippen molar-refractivity contribution < 1.29 is 8.78 Å². The molecule has 0 aromatic heterocycles. The normalized spacial score (nSPS) is 13.6. The molecule has 0 radical (unpaired) electrons. The summed E-state index contributed by atoms with van der Waals surface area (Å²) in [6, 6.07) is 4.40. The number of nitrogens with one attached hydrogen (secondary N) is 2. The van der Waals surface area contributed by atoms with Gasteiger partial charge in [-0.2, -0.15) is 0 Å². The van der Waals surface area contributed by atoms with E-state index in [1.807, 2.05) is 0 Å². The monoisotopic (exact) mass is 270 g/mol. The van der Waals surface area contributed by atoms with E-state index >= 15 is 0 Å². The molecule has 1 rings (SSSR count). The van der Waals surface area contributed by atoms with Crippen molar-refractivity contribution in [2.45, 2.75) is 45.7 Å². The molecule has 0 aliphatic heterocycles. The SMILES string of the molecule is CC(CNC(C)(C)C)NCCc1ccc(F)c(F)c1. The van der Waals surface area contributed by atoms with Gasteiger partial charge in [-0.25, -0.2) is 8.78 Å².